The fourth-order valence-corrected chi connectivity index (χ4v) is 5.45. The van der Waals surface area contributed by atoms with Crippen LogP contribution in [0.5, 0.6) is 0 Å². The second kappa shape index (κ2) is 12.1. The number of carbonyl (C=O) groups is 1. The number of amides is 1. The van der Waals surface area contributed by atoms with Gasteiger partial charge in [-0.25, -0.2) is 18.8 Å². The van der Waals surface area contributed by atoms with Gasteiger partial charge in [0.25, 0.3) is 0 Å². The Labute approximate surface area is 233 Å². The van der Waals surface area contributed by atoms with Gasteiger partial charge in [-0.1, -0.05) is 26.5 Å². The molecule has 212 valence electrons. The van der Waals surface area contributed by atoms with E-state index in [1.807, 2.05) is 32.9 Å². The first kappa shape index (κ1) is 29.1. The number of likely N-dealkylation sites (tertiary alicyclic amines) is 2. The number of anilines is 1. The lowest BCUT2D eigenvalue weighted by molar-refractivity contribution is -0.105. The number of aliphatic imine (C=N–C) groups is 1. The summed E-state index contributed by atoms with van der Waals surface area (Å²) in [7, 11) is 0. The molecule has 2 unspecified atom stereocenters. The first-order valence-corrected chi connectivity index (χ1v) is 13.4. The fourth-order valence-electron chi connectivity index (χ4n) is 5.45. The standard InChI is InChI=1S/C30H36F2N6O2/c1-7-8-11-37-13-21-14-38(24(21)15-37)30(36-27-18(4)9-10-33-26(27)17(2)3)22-12-23(32)28(35-29(22)34-16-39)25(19(5)31)20(6)40/h7,9-10,12,16-17,21,24,40H,1,6,8,11,13-15H2,2-5H3,(H,34,35,39)/b25-19-,36-30?. The van der Waals surface area contributed by atoms with Crippen molar-refractivity contribution in [2.45, 2.75) is 46.1 Å². The molecule has 2 atom stereocenters. The van der Waals surface area contributed by atoms with Gasteiger partial charge in [-0.2, -0.15) is 0 Å². The van der Waals surface area contributed by atoms with Crippen LogP contribution in [0.25, 0.3) is 5.57 Å². The molecule has 1 amide bonds. The van der Waals surface area contributed by atoms with Crippen molar-refractivity contribution in [3.8, 4) is 0 Å². The van der Waals surface area contributed by atoms with E-state index in [0.717, 1.165) is 44.2 Å². The number of allylic oxidation sites excluding steroid dienone is 2. The van der Waals surface area contributed by atoms with Crippen LogP contribution < -0.4 is 5.32 Å². The van der Waals surface area contributed by atoms with E-state index in [4.69, 9.17) is 4.99 Å². The highest BCUT2D eigenvalue weighted by molar-refractivity contribution is 6.06. The Morgan fingerprint density at radius 3 is 2.73 bits per heavy atom. The Kier molecular flexibility index (Phi) is 8.78. The zero-order valence-corrected chi connectivity index (χ0v) is 23.4. The molecule has 2 aliphatic rings. The summed E-state index contributed by atoms with van der Waals surface area (Å²) in [4.78, 5) is 30.0. The van der Waals surface area contributed by atoms with Crippen LogP contribution in [-0.4, -0.2) is 69.3 Å². The number of hydrogen-bond donors (Lipinski definition) is 2. The number of aliphatic hydroxyl groups is 1. The van der Waals surface area contributed by atoms with E-state index in [0.29, 0.717) is 30.4 Å². The number of aryl methyl sites for hydroxylation is 1. The molecule has 0 aromatic carbocycles. The number of hydrogen-bond acceptors (Lipinski definition) is 6. The SMILES string of the molecule is C=CCCN1CC2CN(C(=Nc3c(C)ccnc3C(C)C)c3cc(F)c(/C(C(=C)O)=C(/C)F)nc3NC=O)C2C1. The monoisotopic (exact) mass is 550 g/mol. The summed E-state index contributed by atoms with van der Waals surface area (Å²) in [6, 6.07) is 3.18. The van der Waals surface area contributed by atoms with E-state index >= 15 is 4.39 Å². The minimum Gasteiger partial charge on any atom is -0.508 e. The Bertz CT molecular complexity index is 1380. The predicted octanol–water partition coefficient (Wildman–Crippen LogP) is 5.66. The summed E-state index contributed by atoms with van der Waals surface area (Å²) >= 11 is 0. The number of fused-ring (bicyclic) bond motifs is 1. The zero-order valence-electron chi connectivity index (χ0n) is 23.4. The number of aliphatic hydroxyl groups excluding tert-OH is 1. The zero-order chi connectivity index (χ0) is 29.1. The molecule has 2 fully saturated rings. The smallest absolute Gasteiger partial charge is 0.212 e. The van der Waals surface area contributed by atoms with E-state index in [1.54, 1.807) is 6.20 Å². The Morgan fingerprint density at radius 1 is 1.35 bits per heavy atom. The Balaban J connectivity index is 1.90. The number of pyridine rings is 2. The van der Waals surface area contributed by atoms with Gasteiger partial charge in [0.05, 0.1) is 22.5 Å². The van der Waals surface area contributed by atoms with Crippen molar-refractivity contribution in [3.05, 3.63) is 77.5 Å². The molecule has 0 spiro atoms. The van der Waals surface area contributed by atoms with Crippen molar-refractivity contribution in [2.24, 2.45) is 10.9 Å². The van der Waals surface area contributed by atoms with Gasteiger partial charge in [0.15, 0.2) is 5.82 Å². The van der Waals surface area contributed by atoms with Crippen LogP contribution in [0.3, 0.4) is 0 Å². The molecule has 40 heavy (non-hydrogen) atoms. The van der Waals surface area contributed by atoms with Crippen molar-refractivity contribution in [2.75, 3.05) is 31.5 Å². The van der Waals surface area contributed by atoms with Crippen LogP contribution in [0.4, 0.5) is 20.3 Å². The highest BCUT2D eigenvalue weighted by atomic mass is 19.1. The molecule has 8 nitrogen and oxygen atoms in total. The minimum atomic E-state index is -0.885. The summed E-state index contributed by atoms with van der Waals surface area (Å²) in [5, 5.41) is 12.5. The molecule has 0 radical (unpaired) electrons. The lowest BCUT2D eigenvalue weighted by Gasteiger charge is -2.46. The largest absolute Gasteiger partial charge is 0.508 e. The van der Waals surface area contributed by atoms with Crippen LogP contribution in [0.2, 0.25) is 0 Å². The lowest BCUT2D eigenvalue weighted by atomic mass is 9.90. The normalized spacial score (nSPS) is 19.7. The molecule has 10 heteroatoms. The van der Waals surface area contributed by atoms with Crippen LogP contribution in [0.1, 0.15) is 55.6 Å². The van der Waals surface area contributed by atoms with Crippen molar-refractivity contribution in [3.63, 3.8) is 0 Å². The second-order valence-corrected chi connectivity index (χ2v) is 10.6. The Hall–Kier alpha value is -3.92. The number of amidine groups is 1. The average Bonchev–Trinajstić information content (AvgIpc) is 3.20. The molecule has 0 aliphatic carbocycles. The molecule has 4 rings (SSSR count). The maximum Gasteiger partial charge on any atom is 0.212 e. The molecular weight excluding hydrogens is 514 g/mol. The third kappa shape index (κ3) is 5.67. The van der Waals surface area contributed by atoms with E-state index in [-0.39, 0.29) is 23.3 Å². The molecule has 2 aromatic rings. The summed E-state index contributed by atoms with van der Waals surface area (Å²) in [6.07, 6.45) is 4.95. The highest BCUT2D eigenvalue weighted by Gasteiger charge is 2.47. The van der Waals surface area contributed by atoms with Gasteiger partial charge >= 0.3 is 0 Å². The second-order valence-electron chi connectivity index (χ2n) is 10.6. The molecule has 2 N–H and O–H groups in total. The van der Waals surface area contributed by atoms with Gasteiger partial charge in [0, 0.05) is 44.3 Å². The van der Waals surface area contributed by atoms with Crippen molar-refractivity contribution >= 4 is 29.3 Å². The number of halogens is 2. The average molecular weight is 551 g/mol. The predicted molar refractivity (Wildman–Crippen MR) is 154 cm³/mol. The fraction of sp³-hybridized carbons (Fsp3) is 0.400. The van der Waals surface area contributed by atoms with Crippen molar-refractivity contribution in [1.82, 2.24) is 19.8 Å². The molecule has 0 bridgehead atoms. The van der Waals surface area contributed by atoms with Crippen LogP contribution in [-0.2, 0) is 4.79 Å². The number of carbonyl (C=O) groups excluding carboxylic acids is 1. The summed E-state index contributed by atoms with van der Waals surface area (Å²) in [5.74, 6) is -1.50. The highest BCUT2D eigenvalue weighted by Crippen LogP contribution is 2.38. The summed E-state index contributed by atoms with van der Waals surface area (Å²) < 4.78 is 29.9. The third-order valence-electron chi connectivity index (χ3n) is 7.44. The van der Waals surface area contributed by atoms with E-state index < -0.39 is 28.7 Å². The van der Waals surface area contributed by atoms with Crippen LogP contribution in [0.15, 0.2) is 54.1 Å². The van der Waals surface area contributed by atoms with Crippen molar-refractivity contribution in [1.29, 1.82) is 0 Å². The number of rotatable bonds is 10. The third-order valence-corrected chi connectivity index (χ3v) is 7.44. The quantitative estimate of drug-likeness (QED) is 0.0991. The molecular formula is C30H36F2N6O2. The van der Waals surface area contributed by atoms with Gasteiger partial charge in [0.1, 0.15) is 28.9 Å². The minimum absolute atomic E-state index is 0.0113. The van der Waals surface area contributed by atoms with Crippen LogP contribution >= 0.6 is 0 Å². The topological polar surface area (TPSA) is 93.9 Å². The molecule has 0 saturated carbocycles. The van der Waals surface area contributed by atoms with E-state index in [9.17, 15) is 14.3 Å². The van der Waals surface area contributed by atoms with Gasteiger partial charge in [0.2, 0.25) is 6.41 Å². The van der Waals surface area contributed by atoms with E-state index in [2.05, 4.69) is 38.2 Å². The number of nitrogens with one attached hydrogen (secondary N) is 1. The molecule has 2 aromatic heterocycles. The maximum absolute atomic E-state index is 15.6. The molecule has 4 heterocycles. The Morgan fingerprint density at radius 2 is 2.10 bits per heavy atom. The lowest BCUT2D eigenvalue weighted by Crippen LogP contribution is -2.58. The van der Waals surface area contributed by atoms with Crippen LogP contribution in [0, 0.1) is 18.7 Å². The first-order valence-electron chi connectivity index (χ1n) is 13.4. The van der Waals surface area contributed by atoms with Crippen molar-refractivity contribution < 1.29 is 18.7 Å². The molecule has 2 saturated heterocycles. The summed E-state index contributed by atoms with van der Waals surface area (Å²) in [6.45, 7) is 17.6. The van der Waals surface area contributed by atoms with Gasteiger partial charge in [-0.05, 0) is 43.9 Å². The number of nitrogens with zero attached hydrogens (tertiary/aromatic N) is 5. The number of aromatic nitrogens is 2. The van der Waals surface area contributed by atoms with Gasteiger partial charge in [-0.15, -0.1) is 6.58 Å². The first-order chi connectivity index (χ1) is 19.1. The van der Waals surface area contributed by atoms with Gasteiger partial charge < -0.3 is 20.2 Å². The molecule has 2 aliphatic heterocycles. The maximum atomic E-state index is 15.6. The summed E-state index contributed by atoms with van der Waals surface area (Å²) in [5.41, 5.74) is 1.67. The van der Waals surface area contributed by atoms with E-state index in [1.165, 1.54) is 6.07 Å². The van der Waals surface area contributed by atoms with Gasteiger partial charge in [-0.3, -0.25) is 9.78 Å².